The highest BCUT2D eigenvalue weighted by Crippen LogP contribution is 2.25. The summed E-state index contributed by atoms with van der Waals surface area (Å²) >= 11 is 0. The summed E-state index contributed by atoms with van der Waals surface area (Å²) in [5.74, 6) is 0.781. The van der Waals surface area contributed by atoms with Gasteiger partial charge in [-0.3, -0.25) is 14.9 Å². The Labute approximate surface area is 133 Å². The van der Waals surface area contributed by atoms with Crippen molar-refractivity contribution in [3.8, 4) is 11.5 Å². The largest absolute Gasteiger partial charge is 0.497 e. The Balaban J connectivity index is 2.19. The van der Waals surface area contributed by atoms with Crippen molar-refractivity contribution in [2.24, 2.45) is 0 Å². The first-order chi connectivity index (χ1) is 11.0. The number of methoxy groups -OCH3 is 2. The van der Waals surface area contributed by atoms with E-state index < -0.39 is 4.92 Å². The molecule has 0 heterocycles. The predicted molar refractivity (Wildman–Crippen MR) is 86.0 cm³/mol. The van der Waals surface area contributed by atoms with Crippen LogP contribution in [0.1, 0.15) is 15.9 Å². The number of rotatable bonds is 6. The molecule has 0 saturated heterocycles. The number of nitro benzene ring substituents is 1. The molecule has 2 aromatic rings. The Kier molecular flexibility index (Phi) is 5.09. The second-order valence-corrected chi connectivity index (χ2v) is 4.61. The van der Waals surface area contributed by atoms with Crippen molar-refractivity contribution in [2.75, 3.05) is 14.2 Å². The van der Waals surface area contributed by atoms with Gasteiger partial charge in [0.25, 0.3) is 5.69 Å². The minimum absolute atomic E-state index is 0.00491. The quantitative estimate of drug-likeness (QED) is 0.353. The number of carbonyl (C=O) groups excluding carboxylic acids is 1. The van der Waals surface area contributed by atoms with Crippen LogP contribution in [0.4, 0.5) is 5.69 Å². The number of nitrogens with zero attached hydrogens (tertiary/aromatic N) is 1. The summed E-state index contributed by atoms with van der Waals surface area (Å²) in [5, 5.41) is 10.6. The maximum absolute atomic E-state index is 12.3. The molecule has 0 aliphatic rings. The molecule has 0 aromatic heterocycles. The molecule has 0 saturated carbocycles. The number of allylic oxidation sites excluding steroid dienone is 1. The second-order valence-electron chi connectivity index (χ2n) is 4.61. The van der Waals surface area contributed by atoms with Gasteiger partial charge in [-0.2, -0.15) is 0 Å². The predicted octanol–water partition coefficient (Wildman–Crippen LogP) is 3.51. The smallest absolute Gasteiger partial charge is 0.269 e. The van der Waals surface area contributed by atoms with E-state index in [1.807, 2.05) is 0 Å². The Morgan fingerprint density at radius 3 is 2.35 bits per heavy atom. The zero-order valence-electron chi connectivity index (χ0n) is 12.7. The maximum atomic E-state index is 12.3. The van der Waals surface area contributed by atoms with Gasteiger partial charge in [0.2, 0.25) is 0 Å². The van der Waals surface area contributed by atoms with Crippen LogP contribution in [0.15, 0.2) is 48.5 Å². The lowest BCUT2D eigenvalue weighted by atomic mass is 10.1. The number of hydrogen-bond donors (Lipinski definition) is 0. The highest BCUT2D eigenvalue weighted by molar-refractivity contribution is 6.08. The first-order valence-electron chi connectivity index (χ1n) is 6.74. The molecule has 118 valence electrons. The lowest BCUT2D eigenvalue weighted by Gasteiger charge is -2.07. The third kappa shape index (κ3) is 3.94. The van der Waals surface area contributed by atoms with E-state index in [4.69, 9.17) is 9.47 Å². The first-order valence-corrected chi connectivity index (χ1v) is 6.74. The van der Waals surface area contributed by atoms with Crippen molar-refractivity contribution in [3.63, 3.8) is 0 Å². The molecule has 2 rings (SSSR count). The number of benzene rings is 2. The van der Waals surface area contributed by atoms with Gasteiger partial charge in [-0.05, 0) is 35.9 Å². The molecule has 0 N–H and O–H groups in total. The number of nitro groups is 1. The number of non-ortho nitro benzene ring substituents is 1. The molecule has 0 spiro atoms. The molecule has 0 unspecified atom stereocenters. The van der Waals surface area contributed by atoms with E-state index in [1.165, 1.54) is 32.4 Å². The zero-order valence-corrected chi connectivity index (χ0v) is 12.7. The van der Waals surface area contributed by atoms with Gasteiger partial charge in [0.15, 0.2) is 5.78 Å². The number of carbonyl (C=O) groups is 1. The van der Waals surface area contributed by atoms with Gasteiger partial charge in [-0.15, -0.1) is 0 Å². The SMILES string of the molecule is COc1ccc(C(=O)/C=C/c2ccc([N+](=O)[O-])cc2)c(OC)c1. The lowest BCUT2D eigenvalue weighted by molar-refractivity contribution is -0.384. The fourth-order valence-electron chi connectivity index (χ4n) is 1.97. The molecule has 2 aromatic carbocycles. The van der Waals surface area contributed by atoms with Crippen molar-refractivity contribution in [1.29, 1.82) is 0 Å². The second kappa shape index (κ2) is 7.22. The lowest BCUT2D eigenvalue weighted by Crippen LogP contribution is -1.99. The van der Waals surface area contributed by atoms with Crippen LogP contribution >= 0.6 is 0 Å². The molecule has 0 aliphatic heterocycles. The van der Waals surface area contributed by atoms with Crippen LogP contribution in [-0.2, 0) is 0 Å². The topological polar surface area (TPSA) is 78.7 Å². The van der Waals surface area contributed by atoms with Crippen LogP contribution in [-0.4, -0.2) is 24.9 Å². The van der Waals surface area contributed by atoms with Crippen molar-refractivity contribution in [3.05, 3.63) is 69.8 Å². The summed E-state index contributed by atoms with van der Waals surface area (Å²) in [5.41, 5.74) is 1.10. The van der Waals surface area contributed by atoms with Crippen LogP contribution in [0.3, 0.4) is 0 Å². The number of ketones is 1. The van der Waals surface area contributed by atoms with Crippen LogP contribution in [0, 0.1) is 10.1 Å². The summed E-state index contributed by atoms with van der Waals surface area (Å²) in [7, 11) is 3.01. The van der Waals surface area contributed by atoms with Gasteiger partial charge in [0, 0.05) is 18.2 Å². The molecular weight excluding hydrogens is 298 g/mol. The molecule has 0 radical (unpaired) electrons. The summed E-state index contributed by atoms with van der Waals surface area (Å²) in [6.45, 7) is 0. The van der Waals surface area contributed by atoms with Gasteiger partial charge in [0.05, 0.1) is 24.7 Å². The minimum Gasteiger partial charge on any atom is -0.497 e. The van der Waals surface area contributed by atoms with E-state index in [0.29, 0.717) is 22.6 Å². The van der Waals surface area contributed by atoms with Crippen molar-refractivity contribution < 1.29 is 19.2 Å². The molecule has 23 heavy (non-hydrogen) atoms. The third-order valence-corrected chi connectivity index (χ3v) is 3.21. The van der Waals surface area contributed by atoms with Gasteiger partial charge >= 0.3 is 0 Å². The normalized spacial score (nSPS) is 10.5. The highest BCUT2D eigenvalue weighted by atomic mass is 16.6. The van der Waals surface area contributed by atoms with E-state index in [2.05, 4.69) is 0 Å². The summed E-state index contributed by atoms with van der Waals surface area (Å²) in [4.78, 5) is 22.4. The number of hydrogen-bond acceptors (Lipinski definition) is 5. The van der Waals surface area contributed by atoms with Crippen molar-refractivity contribution in [2.45, 2.75) is 0 Å². The molecule has 6 nitrogen and oxygen atoms in total. The van der Waals surface area contributed by atoms with E-state index in [9.17, 15) is 14.9 Å². The van der Waals surface area contributed by atoms with E-state index in [0.717, 1.165) is 0 Å². The molecule has 0 fully saturated rings. The van der Waals surface area contributed by atoms with E-state index in [-0.39, 0.29) is 11.5 Å². The monoisotopic (exact) mass is 313 g/mol. The summed E-state index contributed by atoms with van der Waals surface area (Å²) in [6, 6.07) is 10.9. The molecule has 0 bridgehead atoms. The van der Waals surface area contributed by atoms with Crippen LogP contribution in [0.5, 0.6) is 11.5 Å². The van der Waals surface area contributed by atoms with Crippen molar-refractivity contribution in [1.82, 2.24) is 0 Å². The van der Waals surface area contributed by atoms with E-state index >= 15 is 0 Å². The first kappa shape index (κ1) is 16.2. The van der Waals surface area contributed by atoms with Crippen LogP contribution in [0.25, 0.3) is 6.08 Å². The van der Waals surface area contributed by atoms with Gasteiger partial charge < -0.3 is 9.47 Å². The highest BCUT2D eigenvalue weighted by Gasteiger charge is 2.11. The van der Waals surface area contributed by atoms with Crippen LogP contribution in [0.2, 0.25) is 0 Å². The Morgan fingerprint density at radius 2 is 1.78 bits per heavy atom. The average Bonchev–Trinajstić information content (AvgIpc) is 2.59. The van der Waals surface area contributed by atoms with Crippen molar-refractivity contribution >= 4 is 17.5 Å². The molecule has 6 heteroatoms. The third-order valence-electron chi connectivity index (χ3n) is 3.21. The van der Waals surface area contributed by atoms with E-state index in [1.54, 1.807) is 36.4 Å². The van der Waals surface area contributed by atoms with Gasteiger partial charge in [-0.25, -0.2) is 0 Å². The van der Waals surface area contributed by atoms with Crippen LogP contribution < -0.4 is 9.47 Å². The fraction of sp³-hybridized carbons (Fsp3) is 0.118. The zero-order chi connectivity index (χ0) is 16.8. The molecular formula is C17H15NO5. The standard InChI is InChI=1S/C17H15NO5/c1-22-14-8-9-15(17(11-14)23-2)16(19)10-5-12-3-6-13(7-4-12)18(20)21/h3-11H,1-2H3/b10-5+. The fourth-order valence-corrected chi connectivity index (χ4v) is 1.97. The van der Waals surface area contributed by atoms with Gasteiger partial charge in [-0.1, -0.05) is 6.08 Å². The summed E-state index contributed by atoms with van der Waals surface area (Å²) in [6.07, 6.45) is 2.99. The van der Waals surface area contributed by atoms with Gasteiger partial charge in [0.1, 0.15) is 11.5 Å². The molecule has 0 aliphatic carbocycles. The Bertz CT molecular complexity index is 750. The summed E-state index contributed by atoms with van der Waals surface area (Å²) < 4.78 is 10.3. The molecule has 0 atom stereocenters. The Morgan fingerprint density at radius 1 is 1.09 bits per heavy atom. The minimum atomic E-state index is -0.471. The molecule has 0 amide bonds. The number of ether oxygens (including phenoxy) is 2. The maximum Gasteiger partial charge on any atom is 0.269 e. The average molecular weight is 313 g/mol. The Hall–Kier alpha value is -3.15.